The third kappa shape index (κ3) is 1.98. The van der Waals surface area contributed by atoms with Crippen molar-refractivity contribution >= 4 is 57.8 Å². The molecule has 48 valence electrons. The average molecular weight is 362 g/mol. The first-order chi connectivity index (χ1) is 4.22. The molecule has 0 aliphatic rings. The van der Waals surface area contributed by atoms with E-state index in [0.717, 1.165) is 4.90 Å². The van der Waals surface area contributed by atoms with Crippen molar-refractivity contribution in [2.45, 2.75) is 4.90 Å². The molecule has 0 N–H and O–H groups in total. The molecule has 0 bridgehead atoms. The number of hydrogen-bond acceptors (Lipinski definition) is 1. The standard InChI is InChI=1S/C6H4I2S/c7-4-2-1-3-5(8)6(4)9/h1-3,9H. The van der Waals surface area contributed by atoms with E-state index >= 15 is 0 Å². The lowest BCUT2D eigenvalue weighted by molar-refractivity contribution is 1.36. The van der Waals surface area contributed by atoms with Gasteiger partial charge in [0.15, 0.2) is 0 Å². The van der Waals surface area contributed by atoms with Gasteiger partial charge in [-0.25, -0.2) is 0 Å². The van der Waals surface area contributed by atoms with Crippen LogP contribution in [0.4, 0.5) is 0 Å². The first-order valence-electron chi connectivity index (χ1n) is 2.35. The summed E-state index contributed by atoms with van der Waals surface area (Å²) in [6.45, 7) is 0. The molecule has 0 spiro atoms. The van der Waals surface area contributed by atoms with E-state index in [0.29, 0.717) is 0 Å². The zero-order valence-corrected chi connectivity index (χ0v) is 9.64. The smallest absolute Gasteiger partial charge is 0.0308 e. The fourth-order valence-corrected chi connectivity index (χ4v) is 2.15. The Morgan fingerprint density at radius 2 is 1.56 bits per heavy atom. The van der Waals surface area contributed by atoms with Crippen molar-refractivity contribution in [1.29, 1.82) is 0 Å². The van der Waals surface area contributed by atoms with Gasteiger partial charge in [0.2, 0.25) is 0 Å². The molecule has 1 aromatic carbocycles. The maximum absolute atomic E-state index is 4.30. The molecule has 0 amide bonds. The van der Waals surface area contributed by atoms with Crippen molar-refractivity contribution in [2.24, 2.45) is 0 Å². The van der Waals surface area contributed by atoms with E-state index in [4.69, 9.17) is 0 Å². The highest BCUT2D eigenvalue weighted by Crippen LogP contribution is 2.21. The molecular weight excluding hydrogens is 358 g/mol. The summed E-state index contributed by atoms with van der Waals surface area (Å²) in [5, 5.41) is 0. The zero-order valence-electron chi connectivity index (χ0n) is 4.44. The zero-order chi connectivity index (χ0) is 6.85. The molecule has 0 heterocycles. The molecule has 0 saturated heterocycles. The second-order valence-electron chi connectivity index (χ2n) is 1.57. The van der Waals surface area contributed by atoms with Gasteiger partial charge in [0, 0.05) is 12.0 Å². The first kappa shape index (κ1) is 8.13. The van der Waals surface area contributed by atoms with Crippen molar-refractivity contribution < 1.29 is 0 Å². The molecule has 1 rings (SSSR count). The lowest BCUT2D eigenvalue weighted by Crippen LogP contribution is -1.77. The average Bonchev–Trinajstić information content (AvgIpc) is 1.83. The van der Waals surface area contributed by atoms with Gasteiger partial charge in [-0.1, -0.05) is 6.07 Å². The van der Waals surface area contributed by atoms with Crippen molar-refractivity contribution in [3.8, 4) is 0 Å². The molecule has 0 saturated carbocycles. The second kappa shape index (κ2) is 3.43. The van der Waals surface area contributed by atoms with Gasteiger partial charge in [0.25, 0.3) is 0 Å². The first-order valence-corrected chi connectivity index (χ1v) is 4.95. The molecular formula is C6H4I2S. The van der Waals surface area contributed by atoms with E-state index in [1.54, 1.807) is 0 Å². The highest BCUT2D eigenvalue weighted by Gasteiger charge is 1.96. The van der Waals surface area contributed by atoms with Crippen LogP contribution in [0.25, 0.3) is 0 Å². The van der Waals surface area contributed by atoms with Gasteiger partial charge in [0.1, 0.15) is 0 Å². The summed E-state index contributed by atoms with van der Waals surface area (Å²) >= 11 is 8.83. The topological polar surface area (TPSA) is 0 Å². The molecule has 0 atom stereocenters. The van der Waals surface area contributed by atoms with Crippen molar-refractivity contribution in [2.75, 3.05) is 0 Å². The van der Waals surface area contributed by atoms with Gasteiger partial charge in [-0.05, 0) is 57.3 Å². The summed E-state index contributed by atoms with van der Waals surface area (Å²) in [4.78, 5) is 1.08. The van der Waals surface area contributed by atoms with Crippen LogP contribution < -0.4 is 0 Å². The van der Waals surface area contributed by atoms with Crippen LogP contribution in [0.1, 0.15) is 0 Å². The van der Waals surface area contributed by atoms with Gasteiger partial charge >= 0.3 is 0 Å². The summed E-state index contributed by atoms with van der Waals surface area (Å²) in [7, 11) is 0. The summed E-state index contributed by atoms with van der Waals surface area (Å²) < 4.78 is 2.42. The minimum absolute atomic E-state index is 1.08. The molecule has 0 unspecified atom stereocenters. The number of benzene rings is 1. The molecule has 3 heteroatoms. The van der Waals surface area contributed by atoms with Crippen LogP contribution in [0.2, 0.25) is 0 Å². The van der Waals surface area contributed by atoms with E-state index in [1.165, 1.54) is 7.14 Å². The largest absolute Gasteiger partial charge is 0.141 e. The van der Waals surface area contributed by atoms with Gasteiger partial charge in [-0.2, -0.15) is 0 Å². The molecule has 0 radical (unpaired) electrons. The lowest BCUT2D eigenvalue weighted by Gasteiger charge is -1.96. The number of thiol groups is 1. The minimum atomic E-state index is 1.08. The Labute approximate surface area is 87.1 Å². The van der Waals surface area contributed by atoms with E-state index in [9.17, 15) is 0 Å². The third-order valence-corrected chi connectivity index (χ3v) is 4.07. The van der Waals surface area contributed by atoms with E-state index in [1.807, 2.05) is 18.2 Å². The Balaban J connectivity index is 3.25. The SMILES string of the molecule is Sc1c(I)cccc1I. The highest BCUT2D eigenvalue weighted by molar-refractivity contribution is 14.1. The minimum Gasteiger partial charge on any atom is -0.141 e. The maximum atomic E-state index is 4.30. The summed E-state index contributed by atoms with van der Waals surface area (Å²) in [6, 6.07) is 6.12. The monoisotopic (exact) mass is 362 g/mol. The summed E-state index contributed by atoms with van der Waals surface area (Å²) in [5.74, 6) is 0. The van der Waals surface area contributed by atoms with Crippen LogP contribution in [0.5, 0.6) is 0 Å². The van der Waals surface area contributed by atoms with Crippen LogP contribution in [0, 0.1) is 7.14 Å². The molecule has 0 aromatic heterocycles. The maximum Gasteiger partial charge on any atom is 0.0308 e. The summed E-state index contributed by atoms with van der Waals surface area (Å²) in [5.41, 5.74) is 0. The second-order valence-corrected chi connectivity index (χ2v) is 4.34. The molecule has 0 aliphatic heterocycles. The summed E-state index contributed by atoms with van der Waals surface area (Å²) in [6.07, 6.45) is 0. The molecule has 1 aromatic rings. The fraction of sp³-hybridized carbons (Fsp3) is 0. The quantitative estimate of drug-likeness (QED) is 0.532. The van der Waals surface area contributed by atoms with Crippen LogP contribution in [0.3, 0.4) is 0 Å². The van der Waals surface area contributed by atoms with E-state index < -0.39 is 0 Å². The lowest BCUT2D eigenvalue weighted by atomic mass is 10.4. The van der Waals surface area contributed by atoms with Crippen molar-refractivity contribution in [3.05, 3.63) is 25.3 Å². The Bertz CT molecular complexity index is 202. The Kier molecular flexibility index (Phi) is 3.10. The van der Waals surface area contributed by atoms with Crippen LogP contribution in [-0.2, 0) is 0 Å². The van der Waals surface area contributed by atoms with Crippen LogP contribution >= 0.6 is 57.8 Å². The van der Waals surface area contributed by atoms with Gasteiger partial charge in [-0.15, -0.1) is 12.6 Å². The van der Waals surface area contributed by atoms with Crippen molar-refractivity contribution in [1.82, 2.24) is 0 Å². The number of rotatable bonds is 0. The third-order valence-electron chi connectivity index (χ3n) is 0.938. The molecule has 0 nitrogen and oxygen atoms in total. The van der Waals surface area contributed by atoms with E-state index in [2.05, 4.69) is 57.8 Å². The Hall–Kier alpha value is 1.03. The fourth-order valence-electron chi connectivity index (χ4n) is 0.489. The predicted molar refractivity (Wildman–Crippen MR) is 59.1 cm³/mol. The Morgan fingerprint density at radius 1 is 1.11 bits per heavy atom. The molecule has 0 fully saturated rings. The molecule has 0 aliphatic carbocycles. The van der Waals surface area contributed by atoms with Gasteiger partial charge in [0.05, 0.1) is 0 Å². The van der Waals surface area contributed by atoms with Crippen molar-refractivity contribution in [3.63, 3.8) is 0 Å². The van der Waals surface area contributed by atoms with Gasteiger partial charge < -0.3 is 0 Å². The van der Waals surface area contributed by atoms with Crippen LogP contribution in [-0.4, -0.2) is 0 Å². The number of halogens is 2. The normalized spacial score (nSPS) is 9.67. The van der Waals surface area contributed by atoms with Crippen LogP contribution in [0.15, 0.2) is 23.1 Å². The predicted octanol–water partition coefficient (Wildman–Crippen LogP) is 3.18. The highest BCUT2D eigenvalue weighted by atomic mass is 127. The van der Waals surface area contributed by atoms with Gasteiger partial charge in [-0.3, -0.25) is 0 Å². The van der Waals surface area contributed by atoms with E-state index in [-0.39, 0.29) is 0 Å². The molecule has 9 heavy (non-hydrogen) atoms. The number of hydrogen-bond donors (Lipinski definition) is 1. The Morgan fingerprint density at radius 3 is 1.89 bits per heavy atom.